The van der Waals surface area contributed by atoms with Gasteiger partial charge < -0.3 is 35.7 Å². The van der Waals surface area contributed by atoms with Crippen molar-refractivity contribution in [2.24, 2.45) is 0 Å². The molecule has 336 valence electrons. The minimum Gasteiger partial charge on any atom is -0.412 e. The average molecular weight is 881 g/mol. The fourth-order valence-electron chi connectivity index (χ4n) is 6.18. The second-order valence-corrected chi connectivity index (χ2v) is 19.6. The van der Waals surface area contributed by atoms with Gasteiger partial charge in [0.2, 0.25) is 0 Å². The van der Waals surface area contributed by atoms with Crippen LogP contribution in [0.5, 0.6) is 0 Å². The van der Waals surface area contributed by atoms with Crippen LogP contribution in [-0.4, -0.2) is 144 Å². The van der Waals surface area contributed by atoms with Gasteiger partial charge in [0.15, 0.2) is 19.7 Å². The van der Waals surface area contributed by atoms with E-state index in [2.05, 4.69) is 44.7 Å². The summed E-state index contributed by atoms with van der Waals surface area (Å²) >= 11 is 0. The molecule has 0 radical (unpaired) electrons. The molecule has 4 amide bonds. The number of hydrogen-bond donors (Lipinski definition) is 2. The Morgan fingerprint density at radius 2 is 0.770 bits per heavy atom. The molecule has 0 fully saturated rings. The van der Waals surface area contributed by atoms with E-state index in [0.717, 1.165) is 39.0 Å². The van der Waals surface area contributed by atoms with Crippen molar-refractivity contribution in [3.63, 3.8) is 0 Å². The molecule has 0 aliphatic heterocycles. The van der Waals surface area contributed by atoms with Crippen molar-refractivity contribution in [3.8, 4) is 0 Å². The molecule has 4 N–H and O–H groups in total. The lowest BCUT2D eigenvalue weighted by molar-refractivity contribution is 0.184. The molecule has 0 atom stereocenters. The Labute approximate surface area is 365 Å². The van der Waals surface area contributed by atoms with Gasteiger partial charge in [0.05, 0.1) is 21.3 Å². The molecular weight excluding hydrogens is 813 g/mol. The van der Waals surface area contributed by atoms with Crippen molar-refractivity contribution in [2.75, 3.05) is 78.0 Å². The van der Waals surface area contributed by atoms with Crippen LogP contribution >= 0.6 is 0 Å². The third-order valence-electron chi connectivity index (χ3n) is 9.96. The van der Waals surface area contributed by atoms with Crippen LogP contribution in [0.1, 0.15) is 38.8 Å². The first-order valence-electron chi connectivity index (χ1n) is 20.7. The smallest absolute Gasteiger partial charge is 0.317 e. The SMILES string of the molecule is CC(C)N(CCS(=O)(=O)c1ccccc1)C(=O)NCCN(C)CCc1ccccc1.CC(C)N(CCS(=O)(=O)c1ccccc1)C(=O)NCCN(C)CCc1ccccc1.O. The maximum atomic E-state index is 12.6. The van der Waals surface area contributed by atoms with E-state index in [1.54, 1.807) is 70.5 Å². The Bertz CT molecular complexity index is 1890. The molecule has 4 aromatic rings. The predicted molar refractivity (Wildman–Crippen MR) is 246 cm³/mol. The van der Waals surface area contributed by atoms with Crippen LogP contribution < -0.4 is 10.6 Å². The van der Waals surface area contributed by atoms with E-state index in [9.17, 15) is 26.4 Å². The highest BCUT2D eigenvalue weighted by atomic mass is 32.2. The van der Waals surface area contributed by atoms with E-state index in [1.807, 2.05) is 78.2 Å². The first-order chi connectivity index (χ1) is 28.6. The molecule has 0 saturated heterocycles. The molecule has 0 heterocycles. The minimum absolute atomic E-state index is 0. The monoisotopic (exact) mass is 880 g/mol. The molecule has 13 nitrogen and oxygen atoms in total. The quantitative estimate of drug-likeness (QED) is 0.107. The van der Waals surface area contributed by atoms with Gasteiger partial charge in [-0.15, -0.1) is 0 Å². The summed E-state index contributed by atoms with van der Waals surface area (Å²) < 4.78 is 50.0. The molecule has 0 unspecified atom stereocenters. The highest BCUT2D eigenvalue weighted by molar-refractivity contribution is 7.91. The van der Waals surface area contributed by atoms with Gasteiger partial charge in [0.1, 0.15) is 0 Å². The average Bonchev–Trinajstić information content (AvgIpc) is 3.23. The summed E-state index contributed by atoms with van der Waals surface area (Å²) in [6, 6.07) is 36.7. The highest BCUT2D eigenvalue weighted by Crippen LogP contribution is 2.13. The van der Waals surface area contributed by atoms with Crippen molar-refractivity contribution in [1.82, 2.24) is 30.2 Å². The molecule has 0 aliphatic carbocycles. The number of likely N-dealkylation sites (N-methyl/N-ethyl adjacent to an activating group) is 2. The van der Waals surface area contributed by atoms with Gasteiger partial charge in [0.25, 0.3) is 0 Å². The molecule has 0 saturated carbocycles. The van der Waals surface area contributed by atoms with E-state index >= 15 is 0 Å². The Morgan fingerprint density at radius 3 is 1.07 bits per heavy atom. The van der Waals surface area contributed by atoms with Crippen molar-refractivity contribution in [1.29, 1.82) is 0 Å². The van der Waals surface area contributed by atoms with E-state index in [4.69, 9.17) is 0 Å². The molecule has 4 aromatic carbocycles. The number of urea groups is 2. The summed E-state index contributed by atoms with van der Waals surface area (Å²) in [4.78, 5) is 33.3. The highest BCUT2D eigenvalue weighted by Gasteiger charge is 2.23. The van der Waals surface area contributed by atoms with Gasteiger partial charge in [-0.3, -0.25) is 0 Å². The Kier molecular flexibility index (Phi) is 23.3. The van der Waals surface area contributed by atoms with Gasteiger partial charge in [-0.1, -0.05) is 97.1 Å². The van der Waals surface area contributed by atoms with Gasteiger partial charge in [0, 0.05) is 64.4 Å². The number of carbonyl (C=O) groups excluding carboxylic acids is 2. The van der Waals surface area contributed by atoms with Gasteiger partial charge >= 0.3 is 12.1 Å². The number of hydrogen-bond acceptors (Lipinski definition) is 8. The number of amides is 4. The van der Waals surface area contributed by atoms with Crippen LogP contribution in [0, 0.1) is 0 Å². The topological polar surface area (TPSA) is 171 Å². The molecule has 0 bridgehead atoms. The van der Waals surface area contributed by atoms with Gasteiger partial charge in [-0.2, -0.15) is 0 Å². The van der Waals surface area contributed by atoms with Crippen LogP contribution in [0.3, 0.4) is 0 Å². The van der Waals surface area contributed by atoms with Crippen molar-refractivity contribution < 1.29 is 31.9 Å². The van der Waals surface area contributed by atoms with E-state index < -0.39 is 19.7 Å². The predicted octanol–water partition coefficient (Wildman–Crippen LogP) is 5.28. The maximum Gasteiger partial charge on any atom is 0.317 e. The van der Waals surface area contributed by atoms with E-state index in [0.29, 0.717) is 13.1 Å². The van der Waals surface area contributed by atoms with Gasteiger partial charge in [-0.25, -0.2) is 26.4 Å². The lowest BCUT2D eigenvalue weighted by atomic mass is 10.1. The summed E-state index contributed by atoms with van der Waals surface area (Å²) in [5.41, 5.74) is 2.58. The van der Waals surface area contributed by atoms with Gasteiger partial charge in [-0.05, 0) is 90.0 Å². The number of carbonyl (C=O) groups is 2. The van der Waals surface area contributed by atoms with E-state index in [-0.39, 0.29) is 64.0 Å². The largest absolute Gasteiger partial charge is 0.412 e. The minimum atomic E-state index is -3.42. The fourth-order valence-corrected chi connectivity index (χ4v) is 8.67. The van der Waals surface area contributed by atoms with Crippen LogP contribution in [0.2, 0.25) is 0 Å². The third-order valence-corrected chi connectivity index (χ3v) is 13.4. The number of nitrogens with one attached hydrogen (secondary N) is 2. The summed E-state index contributed by atoms with van der Waals surface area (Å²) in [5, 5.41) is 5.84. The van der Waals surface area contributed by atoms with Crippen LogP contribution in [0.15, 0.2) is 131 Å². The molecule has 15 heteroatoms. The molecule has 4 rings (SSSR count). The lowest BCUT2D eigenvalue weighted by Crippen LogP contribution is -2.47. The molecule has 61 heavy (non-hydrogen) atoms. The zero-order valence-corrected chi connectivity index (χ0v) is 38.4. The number of benzene rings is 4. The lowest BCUT2D eigenvalue weighted by Gasteiger charge is -2.27. The summed E-state index contributed by atoms with van der Waals surface area (Å²) in [5.74, 6) is -0.195. The summed E-state index contributed by atoms with van der Waals surface area (Å²) in [6.07, 6.45) is 1.92. The van der Waals surface area contributed by atoms with Crippen molar-refractivity contribution in [2.45, 2.75) is 62.4 Å². The summed E-state index contributed by atoms with van der Waals surface area (Å²) in [6.45, 7) is 12.2. The fraction of sp³-hybridized carbons (Fsp3) is 0.435. The Morgan fingerprint density at radius 1 is 0.475 bits per heavy atom. The second kappa shape index (κ2) is 27.2. The first-order valence-corrected chi connectivity index (χ1v) is 24.0. The summed E-state index contributed by atoms with van der Waals surface area (Å²) in [7, 11) is -2.78. The number of sulfone groups is 2. The second-order valence-electron chi connectivity index (χ2n) is 15.4. The third kappa shape index (κ3) is 19.6. The molecular formula is C46H68N6O7S2. The number of rotatable bonds is 22. The molecule has 0 aromatic heterocycles. The Balaban J connectivity index is 0.000000413. The molecule has 0 spiro atoms. The van der Waals surface area contributed by atoms with E-state index in [1.165, 1.54) is 11.1 Å². The standard InChI is InChI=1S/2C23H33N3O3S.H2O/c2*1-20(2)26(18-19-30(28,29)22-12-8-5-9-13-22)23(27)24-15-17-25(3)16-14-21-10-6-4-7-11-21;/h2*4-13,20H,14-19H2,1-3H3,(H,24,27);1H2. The maximum absolute atomic E-state index is 12.6. The normalized spacial score (nSPS) is 11.4. The van der Waals surface area contributed by atoms with Crippen LogP contribution in [-0.2, 0) is 32.5 Å². The Hall–Kier alpha value is -4.80. The molecule has 0 aliphatic rings. The van der Waals surface area contributed by atoms with Crippen LogP contribution in [0.25, 0.3) is 0 Å². The first kappa shape index (κ1) is 52.3. The number of nitrogens with zero attached hydrogens (tertiary/aromatic N) is 4. The van der Waals surface area contributed by atoms with Crippen molar-refractivity contribution >= 4 is 31.7 Å². The zero-order valence-electron chi connectivity index (χ0n) is 36.7. The van der Waals surface area contributed by atoms with Crippen LogP contribution in [0.4, 0.5) is 9.59 Å². The zero-order chi connectivity index (χ0) is 44.0. The van der Waals surface area contributed by atoms with Crippen molar-refractivity contribution in [3.05, 3.63) is 132 Å².